The molecule has 1 aromatic carbocycles. The van der Waals surface area contributed by atoms with E-state index in [0.29, 0.717) is 17.3 Å². The van der Waals surface area contributed by atoms with Gasteiger partial charge in [-0.05, 0) is 25.1 Å². The Kier molecular flexibility index (Phi) is 5.58. The highest BCUT2D eigenvalue weighted by Crippen LogP contribution is 2.27. The third-order valence-corrected chi connectivity index (χ3v) is 3.57. The van der Waals surface area contributed by atoms with Gasteiger partial charge >= 0.3 is 0 Å². The lowest BCUT2D eigenvalue weighted by Crippen LogP contribution is -2.44. The minimum atomic E-state index is -0.412. The minimum Gasteiger partial charge on any atom is -0.379 e. The first-order valence-corrected chi connectivity index (χ1v) is 7.15. The van der Waals surface area contributed by atoms with E-state index in [1.807, 2.05) is 0 Å². The van der Waals surface area contributed by atoms with Crippen LogP contribution in [0.2, 0.25) is 5.02 Å². The standard InChI is InChI=1S/C13H19ClN4O2/c14-11-2-3-12(13(10-11)18(19)20)16-4-1-7-17-8-5-15-6-9-17/h2-3,10,15-16H,1,4-9H2. The van der Waals surface area contributed by atoms with Crippen molar-refractivity contribution in [1.29, 1.82) is 0 Å². The summed E-state index contributed by atoms with van der Waals surface area (Å²) in [5.41, 5.74) is 0.555. The van der Waals surface area contributed by atoms with Crippen LogP contribution in [0.1, 0.15) is 6.42 Å². The summed E-state index contributed by atoms with van der Waals surface area (Å²) in [6.07, 6.45) is 0.958. The van der Waals surface area contributed by atoms with Gasteiger partial charge in [-0.1, -0.05) is 11.6 Å². The summed E-state index contributed by atoms with van der Waals surface area (Å²) in [6.45, 7) is 5.94. The topological polar surface area (TPSA) is 70.4 Å². The molecule has 110 valence electrons. The van der Waals surface area contributed by atoms with Crippen molar-refractivity contribution in [2.75, 3.05) is 44.6 Å². The number of nitrogens with zero attached hydrogens (tertiary/aromatic N) is 2. The third-order valence-electron chi connectivity index (χ3n) is 3.33. The number of benzene rings is 1. The molecule has 20 heavy (non-hydrogen) atoms. The van der Waals surface area contributed by atoms with Gasteiger partial charge in [-0.2, -0.15) is 0 Å². The summed E-state index contributed by atoms with van der Waals surface area (Å²) in [4.78, 5) is 12.9. The Hall–Kier alpha value is -1.37. The Morgan fingerprint density at radius 2 is 2.15 bits per heavy atom. The monoisotopic (exact) mass is 298 g/mol. The van der Waals surface area contributed by atoms with E-state index in [2.05, 4.69) is 15.5 Å². The molecule has 0 atom stereocenters. The van der Waals surface area contributed by atoms with Crippen molar-refractivity contribution in [3.63, 3.8) is 0 Å². The molecule has 1 aliphatic heterocycles. The lowest BCUT2D eigenvalue weighted by atomic mass is 10.2. The van der Waals surface area contributed by atoms with Crippen molar-refractivity contribution in [1.82, 2.24) is 10.2 Å². The highest BCUT2D eigenvalue weighted by Gasteiger charge is 2.14. The molecule has 0 bridgehead atoms. The van der Waals surface area contributed by atoms with E-state index in [-0.39, 0.29) is 5.69 Å². The molecule has 0 unspecified atom stereocenters. The average Bonchev–Trinajstić information content (AvgIpc) is 2.45. The van der Waals surface area contributed by atoms with E-state index in [0.717, 1.165) is 39.1 Å². The van der Waals surface area contributed by atoms with Crippen LogP contribution in [0.15, 0.2) is 18.2 Å². The second kappa shape index (κ2) is 7.42. The van der Waals surface area contributed by atoms with Crippen LogP contribution in [0.5, 0.6) is 0 Å². The van der Waals surface area contributed by atoms with E-state index in [1.165, 1.54) is 6.07 Å². The molecule has 1 heterocycles. The molecule has 1 aromatic rings. The maximum atomic E-state index is 10.9. The summed E-state index contributed by atoms with van der Waals surface area (Å²) >= 11 is 5.78. The number of hydrogen-bond donors (Lipinski definition) is 2. The van der Waals surface area contributed by atoms with Gasteiger partial charge in [0.2, 0.25) is 0 Å². The molecule has 0 aliphatic carbocycles. The largest absolute Gasteiger partial charge is 0.379 e. The number of nitro benzene ring substituents is 1. The molecular weight excluding hydrogens is 280 g/mol. The lowest BCUT2D eigenvalue weighted by Gasteiger charge is -2.27. The molecule has 7 heteroatoms. The lowest BCUT2D eigenvalue weighted by molar-refractivity contribution is -0.383. The normalized spacial score (nSPS) is 16.1. The SMILES string of the molecule is O=[N+]([O-])c1cc(Cl)ccc1NCCCN1CCNCC1. The second-order valence-electron chi connectivity index (χ2n) is 4.79. The predicted molar refractivity (Wildman–Crippen MR) is 80.5 cm³/mol. The van der Waals surface area contributed by atoms with Crippen LogP contribution >= 0.6 is 11.6 Å². The Bertz CT molecular complexity index is 464. The van der Waals surface area contributed by atoms with Crippen molar-refractivity contribution in [3.05, 3.63) is 33.3 Å². The van der Waals surface area contributed by atoms with Crippen molar-refractivity contribution >= 4 is 23.0 Å². The van der Waals surface area contributed by atoms with E-state index in [1.54, 1.807) is 12.1 Å². The number of halogens is 1. The molecule has 1 saturated heterocycles. The van der Waals surface area contributed by atoms with Crippen molar-refractivity contribution < 1.29 is 4.92 Å². The quantitative estimate of drug-likeness (QED) is 0.477. The van der Waals surface area contributed by atoms with Gasteiger partial charge in [-0.15, -0.1) is 0 Å². The van der Waals surface area contributed by atoms with Gasteiger partial charge in [-0.3, -0.25) is 10.1 Å². The van der Waals surface area contributed by atoms with E-state index in [4.69, 9.17) is 11.6 Å². The average molecular weight is 299 g/mol. The molecule has 2 N–H and O–H groups in total. The van der Waals surface area contributed by atoms with Gasteiger partial charge in [0, 0.05) is 43.8 Å². The van der Waals surface area contributed by atoms with Crippen molar-refractivity contribution in [2.45, 2.75) is 6.42 Å². The van der Waals surface area contributed by atoms with Crippen molar-refractivity contribution in [2.24, 2.45) is 0 Å². The molecule has 1 fully saturated rings. The number of hydrogen-bond acceptors (Lipinski definition) is 5. The maximum Gasteiger partial charge on any atom is 0.293 e. The minimum absolute atomic E-state index is 0.0275. The number of nitro groups is 1. The summed E-state index contributed by atoms with van der Waals surface area (Å²) in [6, 6.07) is 4.69. The van der Waals surface area contributed by atoms with Crippen LogP contribution in [-0.2, 0) is 0 Å². The van der Waals surface area contributed by atoms with Gasteiger partial charge in [-0.25, -0.2) is 0 Å². The van der Waals surface area contributed by atoms with Gasteiger partial charge in [0.1, 0.15) is 5.69 Å². The summed E-state index contributed by atoms with van der Waals surface area (Å²) < 4.78 is 0. The molecule has 0 spiro atoms. The smallest absolute Gasteiger partial charge is 0.293 e. The zero-order valence-corrected chi connectivity index (χ0v) is 12.0. The molecule has 2 rings (SSSR count). The Balaban J connectivity index is 1.80. The molecule has 6 nitrogen and oxygen atoms in total. The first-order valence-electron chi connectivity index (χ1n) is 6.78. The van der Waals surface area contributed by atoms with Crippen LogP contribution in [0.25, 0.3) is 0 Å². The molecule has 1 aliphatic rings. The number of anilines is 1. The van der Waals surface area contributed by atoms with Gasteiger partial charge < -0.3 is 15.5 Å². The van der Waals surface area contributed by atoms with Crippen LogP contribution in [0, 0.1) is 10.1 Å². The maximum absolute atomic E-state index is 10.9. The fourth-order valence-electron chi connectivity index (χ4n) is 2.27. The van der Waals surface area contributed by atoms with Crippen molar-refractivity contribution in [3.8, 4) is 0 Å². The van der Waals surface area contributed by atoms with E-state index in [9.17, 15) is 10.1 Å². The van der Waals surface area contributed by atoms with Gasteiger partial charge in [0.15, 0.2) is 0 Å². The Morgan fingerprint density at radius 1 is 1.40 bits per heavy atom. The Morgan fingerprint density at radius 3 is 2.85 bits per heavy atom. The molecule has 0 aromatic heterocycles. The first kappa shape index (κ1) is 15.0. The zero-order chi connectivity index (χ0) is 14.4. The van der Waals surface area contributed by atoms with Crippen LogP contribution in [0.3, 0.4) is 0 Å². The third kappa shape index (κ3) is 4.33. The number of nitrogens with one attached hydrogen (secondary N) is 2. The Labute approximate surface area is 123 Å². The predicted octanol–water partition coefficient (Wildman–Crippen LogP) is 1.96. The fourth-order valence-corrected chi connectivity index (χ4v) is 2.43. The zero-order valence-electron chi connectivity index (χ0n) is 11.3. The molecule has 0 saturated carbocycles. The highest BCUT2D eigenvalue weighted by molar-refractivity contribution is 6.30. The van der Waals surface area contributed by atoms with Crippen LogP contribution in [-0.4, -0.2) is 49.1 Å². The summed E-state index contributed by atoms with van der Waals surface area (Å²) in [5.74, 6) is 0. The van der Waals surface area contributed by atoms with E-state index < -0.39 is 4.92 Å². The molecule has 0 radical (unpaired) electrons. The van der Waals surface area contributed by atoms with Gasteiger partial charge in [0.05, 0.1) is 4.92 Å². The summed E-state index contributed by atoms with van der Waals surface area (Å²) in [5, 5.41) is 17.8. The second-order valence-corrected chi connectivity index (χ2v) is 5.23. The van der Waals surface area contributed by atoms with Crippen LogP contribution in [0.4, 0.5) is 11.4 Å². The highest BCUT2D eigenvalue weighted by atomic mass is 35.5. The van der Waals surface area contributed by atoms with Gasteiger partial charge in [0.25, 0.3) is 5.69 Å². The van der Waals surface area contributed by atoms with Crippen LogP contribution < -0.4 is 10.6 Å². The van der Waals surface area contributed by atoms with E-state index >= 15 is 0 Å². The number of rotatable bonds is 6. The molecule has 0 amide bonds. The fraction of sp³-hybridized carbons (Fsp3) is 0.538. The number of piperazine rings is 1. The first-order chi connectivity index (χ1) is 9.66. The summed E-state index contributed by atoms with van der Waals surface area (Å²) in [7, 11) is 0. The molecular formula is C13H19ClN4O2.